The molecular formula is C34H37BrClN3O6. The van der Waals surface area contributed by atoms with Crippen LogP contribution in [0.3, 0.4) is 0 Å². The van der Waals surface area contributed by atoms with Gasteiger partial charge in [0, 0.05) is 15.6 Å². The first-order chi connectivity index (χ1) is 21.5. The Bertz CT molecular complexity index is 1800. The molecule has 11 heteroatoms. The van der Waals surface area contributed by atoms with Gasteiger partial charge in [0.2, 0.25) is 0 Å². The maximum atomic E-state index is 13.9. The van der Waals surface area contributed by atoms with Crippen LogP contribution in [-0.4, -0.2) is 47.8 Å². The molecule has 1 aromatic heterocycles. The number of nitrogens with zero attached hydrogens (tertiary/aromatic N) is 3. The number of fused-ring (bicyclic) bond motifs is 1. The summed E-state index contributed by atoms with van der Waals surface area (Å²) < 4.78 is 24.4. The van der Waals surface area contributed by atoms with E-state index in [1.54, 1.807) is 32.0 Å². The average Bonchev–Trinajstić information content (AvgIpc) is 3.01. The SMILES string of the molecule is CCOC(=O)[C@H](C)Oc1c(OCC)cc(C=Nn2c(-c3cc(C(C)C)c(OCC)cc3C)nc3ccccc3c2=O)c(Br)c1Cl. The molecule has 1 heterocycles. The fourth-order valence-corrected chi connectivity index (χ4v) is 5.40. The zero-order valence-electron chi connectivity index (χ0n) is 26.4. The molecule has 4 rings (SSSR count). The molecule has 45 heavy (non-hydrogen) atoms. The van der Waals surface area contributed by atoms with Crippen molar-refractivity contribution in [1.29, 1.82) is 0 Å². The number of para-hydroxylation sites is 1. The first-order valence-electron chi connectivity index (χ1n) is 14.8. The minimum atomic E-state index is -0.925. The quantitative estimate of drug-likeness (QED) is 0.109. The predicted molar refractivity (Wildman–Crippen MR) is 181 cm³/mol. The lowest BCUT2D eigenvalue weighted by molar-refractivity contribution is -0.150. The van der Waals surface area contributed by atoms with Crippen LogP contribution in [0.2, 0.25) is 5.02 Å². The molecule has 0 spiro atoms. The molecule has 0 fully saturated rings. The number of esters is 1. The summed E-state index contributed by atoms with van der Waals surface area (Å²) in [5, 5.41) is 5.25. The molecule has 0 saturated heterocycles. The van der Waals surface area contributed by atoms with Crippen LogP contribution in [0, 0.1) is 6.92 Å². The van der Waals surface area contributed by atoms with E-state index < -0.39 is 12.1 Å². The number of hydrogen-bond donors (Lipinski definition) is 0. The summed E-state index contributed by atoms with van der Waals surface area (Å²) in [5.41, 5.74) is 3.38. The maximum absolute atomic E-state index is 13.9. The van der Waals surface area contributed by atoms with Crippen LogP contribution in [0.4, 0.5) is 0 Å². The first-order valence-corrected chi connectivity index (χ1v) is 16.0. The van der Waals surface area contributed by atoms with E-state index in [-0.39, 0.29) is 28.9 Å². The number of hydrogen-bond acceptors (Lipinski definition) is 8. The van der Waals surface area contributed by atoms with E-state index in [0.717, 1.165) is 22.4 Å². The Morgan fingerprint density at radius 2 is 1.73 bits per heavy atom. The second-order valence-electron chi connectivity index (χ2n) is 10.5. The van der Waals surface area contributed by atoms with Crippen LogP contribution in [0.5, 0.6) is 17.2 Å². The van der Waals surface area contributed by atoms with Crippen LogP contribution >= 0.6 is 27.5 Å². The van der Waals surface area contributed by atoms with E-state index in [1.807, 2.05) is 45.0 Å². The van der Waals surface area contributed by atoms with Gasteiger partial charge >= 0.3 is 5.97 Å². The Kier molecular flexibility index (Phi) is 11.3. The van der Waals surface area contributed by atoms with Crippen LogP contribution in [-0.2, 0) is 9.53 Å². The van der Waals surface area contributed by atoms with Crippen molar-refractivity contribution in [3.8, 4) is 28.6 Å². The van der Waals surface area contributed by atoms with Crippen molar-refractivity contribution in [2.24, 2.45) is 5.10 Å². The van der Waals surface area contributed by atoms with E-state index in [9.17, 15) is 9.59 Å². The Labute approximate surface area is 276 Å². The molecule has 0 radical (unpaired) electrons. The molecule has 238 valence electrons. The van der Waals surface area contributed by atoms with E-state index in [4.69, 9.17) is 35.5 Å². The van der Waals surface area contributed by atoms with Crippen molar-refractivity contribution in [3.05, 3.63) is 79.0 Å². The van der Waals surface area contributed by atoms with E-state index in [0.29, 0.717) is 45.7 Å². The molecule has 0 N–H and O–H groups in total. The standard InChI is InChI=1S/C34H37BrClN3O6/c1-8-42-27-15-20(6)25(17-24(27)19(4)5)32-38-26-14-12-11-13-23(26)33(40)39(32)37-18-22-16-28(43-9-2)31(30(36)29(22)35)45-21(7)34(41)44-10-3/h11-19,21H,8-10H2,1-7H3/t21-/m0/s1. The van der Waals surface area contributed by atoms with Crippen LogP contribution in [0.15, 0.2) is 56.8 Å². The molecule has 4 aromatic rings. The third-order valence-electron chi connectivity index (χ3n) is 6.95. The maximum Gasteiger partial charge on any atom is 0.347 e. The highest BCUT2D eigenvalue weighted by molar-refractivity contribution is 9.10. The highest BCUT2D eigenvalue weighted by Crippen LogP contribution is 2.43. The number of carbonyl (C=O) groups is 1. The highest BCUT2D eigenvalue weighted by Gasteiger charge is 2.24. The zero-order chi connectivity index (χ0) is 32.8. The molecule has 0 amide bonds. The zero-order valence-corrected chi connectivity index (χ0v) is 28.8. The molecule has 0 saturated carbocycles. The van der Waals surface area contributed by atoms with Gasteiger partial charge in [-0.05, 0) is 97.9 Å². The molecule has 0 aliphatic rings. The van der Waals surface area contributed by atoms with Crippen molar-refractivity contribution in [1.82, 2.24) is 9.66 Å². The normalized spacial score (nSPS) is 12.1. The van der Waals surface area contributed by atoms with Gasteiger partial charge < -0.3 is 18.9 Å². The second kappa shape index (κ2) is 14.9. The van der Waals surface area contributed by atoms with E-state index in [2.05, 4.69) is 34.9 Å². The van der Waals surface area contributed by atoms with E-state index in [1.165, 1.54) is 10.9 Å². The van der Waals surface area contributed by atoms with Gasteiger partial charge in [0.05, 0.1) is 36.9 Å². The highest BCUT2D eigenvalue weighted by atomic mass is 79.9. The van der Waals surface area contributed by atoms with Gasteiger partial charge in [-0.1, -0.05) is 37.6 Å². The minimum Gasteiger partial charge on any atom is -0.494 e. The molecule has 0 aliphatic heterocycles. The molecule has 1 atom stereocenters. The van der Waals surface area contributed by atoms with Gasteiger partial charge in [0.25, 0.3) is 5.56 Å². The van der Waals surface area contributed by atoms with Crippen molar-refractivity contribution in [2.75, 3.05) is 19.8 Å². The second-order valence-corrected chi connectivity index (χ2v) is 11.6. The molecule has 0 bridgehead atoms. The van der Waals surface area contributed by atoms with Gasteiger partial charge in [-0.25, -0.2) is 9.78 Å². The fourth-order valence-electron chi connectivity index (χ4n) is 4.75. The summed E-state index contributed by atoms with van der Waals surface area (Å²) in [6.07, 6.45) is 0.581. The lowest BCUT2D eigenvalue weighted by atomic mass is 9.96. The molecule has 3 aromatic carbocycles. The number of aromatic nitrogens is 2. The van der Waals surface area contributed by atoms with Gasteiger partial charge in [0.15, 0.2) is 23.4 Å². The minimum absolute atomic E-state index is 0.164. The smallest absolute Gasteiger partial charge is 0.347 e. The number of carbonyl (C=O) groups excluding carboxylic acids is 1. The Balaban J connectivity index is 1.90. The van der Waals surface area contributed by atoms with Crippen LogP contribution in [0.1, 0.15) is 64.2 Å². The summed E-state index contributed by atoms with van der Waals surface area (Å²) in [7, 11) is 0. The summed E-state index contributed by atoms with van der Waals surface area (Å²) in [6.45, 7) is 14.3. The summed E-state index contributed by atoms with van der Waals surface area (Å²) in [4.78, 5) is 31.1. The lowest BCUT2D eigenvalue weighted by Crippen LogP contribution is -2.26. The fraction of sp³-hybridized carbons (Fsp3) is 0.353. The third-order valence-corrected chi connectivity index (χ3v) is 8.40. The predicted octanol–water partition coefficient (Wildman–Crippen LogP) is 7.92. The average molecular weight is 699 g/mol. The van der Waals surface area contributed by atoms with Gasteiger partial charge in [-0.15, -0.1) is 0 Å². The lowest BCUT2D eigenvalue weighted by Gasteiger charge is -2.19. The van der Waals surface area contributed by atoms with Crippen molar-refractivity contribution in [2.45, 2.75) is 60.5 Å². The summed E-state index contributed by atoms with van der Waals surface area (Å²) in [5.74, 6) is 1.30. The topological polar surface area (TPSA) is 101 Å². The van der Waals surface area contributed by atoms with Gasteiger partial charge in [0.1, 0.15) is 10.8 Å². The number of rotatable bonds is 12. The van der Waals surface area contributed by atoms with Crippen molar-refractivity contribution in [3.63, 3.8) is 0 Å². The molecule has 0 aliphatic carbocycles. The Morgan fingerprint density at radius 3 is 2.40 bits per heavy atom. The number of benzene rings is 3. The molecular weight excluding hydrogens is 662 g/mol. The third kappa shape index (κ3) is 7.34. The first kappa shape index (κ1) is 34.0. The number of ether oxygens (including phenoxy) is 4. The summed E-state index contributed by atoms with van der Waals surface area (Å²) in [6, 6.07) is 12.8. The van der Waals surface area contributed by atoms with Crippen molar-refractivity contribution < 1.29 is 23.7 Å². The Morgan fingerprint density at radius 1 is 1.04 bits per heavy atom. The van der Waals surface area contributed by atoms with Gasteiger partial charge in [-0.3, -0.25) is 4.79 Å². The summed E-state index contributed by atoms with van der Waals surface area (Å²) >= 11 is 10.3. The molecule has 0 unspecified atom stereocenters. The largest absolute Gasteiger partial charge is 0.494 e. The van der Waals surface area contributed by atoms with Crippen LogP contribution in [0.25, 0.3) is 22.3 Å². The number of halogens is 2. The number of aryl methyl sites for hydroxylation is 1. The van der Waals surface area contributed by atoms with Crippen LogP contribution < -0.4 is 19.8 Å². The Hall–Kier alpha value is -3.89. The van der Waals surface area contributed by atoms with Gasteiger partial charge in [-0.2, -0.15) is 9.78 Å². The van der Waals surface area contributed by atoms with Crippen molar-refractivity contribution >= 4 is 50.6 Å². The molecule has 9 nitrogen and oxygen atoms in total. The monoisotopic (exact) mass is 697 g/mol. The van der Waals surface area contributed by atoms with E-state index >= 15 is 0 Å².